The molecular formula is C44H35N5. The van der Waals surface area contributed by atoms with E-state index in [0.29, 0.717) is 17.7 Å². The van der Waals surface area contributed by atoms with Crippen molar-refractivity contribution in [1.82, 2.24) is 24.1 Å². The third-order valence-corrected chi connectivity index (χ3v) is 10.5. The Kier molecular flexibility index (Phi) is 6.41. The Labute approximate surface area is 285 Å². The van der Waals surface area contributed by atoms with Crippen LogP contribution in [0, 0.1) is 5.92 Å². The monoisotopic (exact) mass is 633 g/mol. The van der Waals surface area contributed by atoms with Crippen molar-refractivity contribution in [2.45, 2.75) is 39.0 Å². The molecule has 49 heavy (non-hydrogen) atoms. The van der Waals surface area contributed by atoms with Crippen LogP contribution in [0.2, 0.25) is 0 Å². The normalized spacial score (nSPS) is 16.8. The summed E-state index contributed by atoms with van der Waals surface area (Å²) < 4.78 is 4.88. The predicted octanol–water partition coefficient (Wildman–Crippen LogP) is 10.5. The molecule has 4 aromatic carbocycles. The first-order valence-corrected chi connectivity index (χ1v) is 17.5. The lowest BCUT2D eigenvalue weighted by Crippen LogP contribution is -2.13. The summed E-state index contributed by atoms with van der Waals surface area (Å²) in [6.45, 7) is 2.26. The van der Waals surface area contributed by atoms with Crippen LogP contribution in [0.25, 0.3) is 73.5 Å². The molecule has 0 saturated heterocycles. The van der Waals surface area contributed by atoms with Crippen LogP contribution in [0.3, 0.4) is 0 Å². The van der Waals surface area contributed by atoms with Crippen LogP contribution in [-0.4, -0.2) is 24.1 Å². The third-order valence-electron chi connectivity index (χ3n) is 10.5. The number of hydrogen-bond acceptors (Lipinski definition) is 3. The zero-order chi connectivity index (χ0) is 32.5. The molecule has 0 radical (unpaired) electrons. The average Bonchev–Trinajstić information content (AvgIpc) is 3.70. The summed E-state index contributed by atoms with van der Waals surface area (Å²) in [6, 6.07) is 30.0. The van der Waals surface area contributed by atoms with Gasteiger partial charge in [-0.25, -0.2) is 4.98 Å². The smallest absolute Gasteiger partial charge is 0.238 e. The van der Waals surface area contributed by atoms with Gasteiger partial charge in [-0.15, -0.1) is 0 Å². The summed E-state index contributed by atoms with van der Waals surface area (Å²) in [4.78, 5) is 15.9. The zero-order valence-electron chi connectivity index (χ0n) is 27.5. The van der Waals surface area contributed by atoms with E-state index in [2.05, 4.69) is 137 Å². The van der Waals surface area contributed by atoms with Gasteiger partial charge in [-0.05, 0) is 67.3 Å². The molecule has 0 saturated carbocycles. The largest absolute Gasteiger partial charge is 0.307 e. The molecule has 0 fully saturated rings. The number of nitrogens with zero attached hydrogens (tertiary/aromatic N) is 5. The average molecular weight is 634 g/mol. The molecule has 3 aromatic heterocycles. The molecule has 5 heteroatoms. The highest BCUT2D eigenvalue weighted by molar-refractivity contribution is 6.23. The fourth-order valence-electron chi connectivity index (χ4n) is 8.33. The van der Waals surface area contributed by atoms with Crippen molar-refractivity contribution >= 4 is 50.4 Å². The number of allylic oxidation sites excluding steroid dienone is 6. The van der Waals surface area contributed by atoms with E-state index in [9.17, 15) is 0 Å². The van der Waals surface area contributed by atoms with Crippen LogP contribution in [-0.2, 0) is 12.8 Å². The van der Waals surface area contributed by atoms with E-state index in [-0.39, 0.29) is 0 Å². The van der Waals surface area contributed by atoms with Gasteiger partial charge in [0, 0.05) is 44.2 Å². The van der Waals surface area contributed by atoms with E-state index in [1.165, 1.54) is 55.1 Å². The number of para-hydroxylation sites is 2. The van der Waals surface area contributed by atoms with E-state index >= 15 is 0 Å². The second-order valence-electron chi connectivity index (χ2n) is 13.4. The van der Waals surface area contributed by atoms with Gasteiger partial charge >= 0.3 is 0 Å². The first kappa shape index (κ1) is 28.2. The second kappa shape index (κ2) is 11.1. The molecule has 0 amide bonds. The summed E-state index contributed by atoms with van der Waals surface area (Å²) in [5, 5.41) is 3.89. The summed E-state index contributed by atoms with van der Waals surface area (Å²) in [6.07, 6.45) is 20.9. The quantitative estimate of drug-likeness (QED) is 0.194. The lowest BCUT2D eigenvalue weighted by atomic mass is 9.88. The predicted molar refractivity (Wildman–Crippen MR) is 202 cm³/mol. The number of aromatic nitrogens is 5. The zero-order valence-corrected chi connectivity index (χ0v) is 27.5. The van der Waals surface area contributed by atoms with Crippen molar-refractivity contribution in [2.24, 2.45) is 5.92 Å². The number of fused-ring (bicyclic) bond motifs is 10. The van der Waals surface area contributed by atoms with E-state index in [1.54, 1.807) is 0 Å². The highest BCUT2D eigenvalue weighted by atomic mass is 15.2. The van der Waals surface area contributed by atoms with Gasteiger partial charge in [0.2, 0.25) is 5.95 Å². The Morgan fingerprint density at radius 2 is 1.37 bits per heavy atom. The van der Waals surface area contributed by atoms with Crippen molar-refractivity contribution in [3.8, 4) is 23.0 Å². The standard InChI is InChI=1S/C44H35N5/c1-28-16-8-9-21-31(28)43-45-42(29-17-4-2-5-18-29)46-44(47-43)49-37-27-15-13-25-35(37)39-33-23-11-10-22-32(33)38-34-24-12-14-26-36(34)48(40(38)41(39)49)30-19-6-3-7-20-30/h2-10,12-14,17-22,24-26,28H,11,15-16,23,27H2,1H3. The minimum absolute atomic E-state index is 0.313. The minimum Gasteiger partial charge on any atom is -0.307 e. The maximum absolute atomic E-state index is 5.40. The summed E-state index contributed by atoms with van der Waals surface area (Å²) in [5.74, 6) is 2.45. The molecule has 0 aliphatic heterocycles. The molecule has 0 N–H and O–H groups in total. The Balaban J connectivity index is 1.42. The fourth-order valence-corrected chi connectivity index (χ4v) is 8.33. The Morgan fingerprint density at radius 3 is 2.20 bits per heavy atom. The number of aryl methyl sites for hydroxylation is 1. The van der Waals surface area contributed by atoms with Gasteiger partial charge in [-0.3, -0.25) is 4.57 Å². The van der Waals surface area contributed by atoms with Gasteiger partial charge in [0.1, 0.15) is 0 Å². The lowest BCUT2D eigenvalue weighted by molar-refractivity contribution is 0.742. The highest BCUT2D eigenvalue weighted by Crippen LogP contribution is 2.47. The summed E-state index contributed by atoms with van der Waals surface area (Å²) in [7, 11) is 0. The Bertz CT molecular complexity index is 2580. The molecule has 7 aromatic rings. The number of benzene rings is 4. The van der Waals surface area contributed by atoms with E-state index < -0.39 is 0 Å². The fraction of sp³-hybridized carbons (Fsp3) is 0.159. The van der Waals surface area contributed by atoms with Crippen LogP contribution in [0.1, 0.15) is 54.4 Å². The molecule has 3 aliphatic carbocycles. The molecule has 1 unspecified atom stereocenters. The van der Waals surface area contributed by atoms with E-state index in [0.717, 1.165) is 54.8 Å². The van der Waals surface area contributed by atoms with Gasteiger partial charge in [-0.1, -0.05) is 116 Å². The Hall–Kier alpha value is -5.81. The van der Waals surface area contributed by atoms with E-state index in [4.69, 9.17) is 15.0 Å². The second-order valence-corrected chi connectivity index (χ2v) is 13.4. The molecule has 0 spiro atoms. The van der Waals surface area contributed by atoms with Crippen molar-refractivity contribution in [3.63, 3.8) is 0 Å². The van der Waals surface area contributed by atoms with Crippen LogP contribution < -0.4 is 0 Å². The van der Waals surface area contributed by atoms with Gasteiger partial charge < -0.3 is 4.57 Å². The first-order chi connectivity index (χ1) is 24.3. The topological polar surface area (TPSA) is 48.5 Å². The maximum Gasteiger partial charge on any atom is 0.238 e. The minimum atomic E-state index is 0.313. The SMILES string of the molecule is CC1CC=CC=C1c1nc(-c2ccccc2)nc(-n2c3c(c4c5c(c6c7ccccc7n(-c7ccccc7)c6c42)C=CCC5)C=CCC3)n1. The Morgan fingerprint density at radius 1 is 0.653 bits per heavy atom. The molecular weight excluding hydrogens is 599 g/mol. The molecule has 5 nitrogen and oxygen atoms in total. The van der Waals surface area contributed by atoms with Crippen LogP contribution in [0.15, 0.2) is 115 Å². The molecule has 10 rings (SSSR count). The highest BCUT2D eigenvalue weighted by Gasteiger charge is 2.31. The number of rotatable bonds is 4. The van der Waals surface area contributed by atoms with Crippen molar-refractivity contribution in [1.29, 1.82) is 0 Å². The summed E-state index contributed by atoms with van der Waals surface area (Å²) in [5.41, 5.74) is 12.2. The number of hydrogen-bond donors (Lipinski definition) is 0. The van der Waals surface area contributed by atoms with Crippen molar-refractivity contribution in [2.75, 3.05) is 0 Å². The van der Waals surface area contributed by atoms with Crippen molar-refractivity contribution < 1.29 is 0 Å². The molecule has 1 atom stereocenters. The third kappa shape index (κ3) is 4.28. The summed E-state index contributed by atoms with van der Waals surface area (Å²) >= 11 is 0. The first-order valence-electron chi connectivity index (χ1n) is 17.5. The molecule has 3 heterocycles. The van der Waals surface area contributed by atoms with Gasteiger partial charge in [0.25, 0.3) is 0 Å². The lowest BCUT2D eigenvalue weighted by Gasteiger charge is -2.19. The molecule has 3 aliphatic rings. The van der Waals surface area contributed by atoms with Gasteiger partial charge in [0.15, 0.2) is 11.6 Å². The van der Waals surface area contributed by atoms with Crippen LogP contribution in [0.5, 0.6) is 0 Å². The van der Waals surface area contributed by atoms with Crippen molar-refractivity contribution in [3.05, 3.63) is 144 Å². The maximum atomic E-state index is 5.40. The van der Waals surface area contributed by atoms with Gasteiger partial charge in [0.05, 0.1) is 16.6 Å². The van der Waals surface area contributed by atoms with E-state index in [1.807, 2.05) is 6.07 Å². The van der Waals surface area contributed by atoms with Crippen LogP contribution >= 0.6 is 0 Å². The van der Waals surface area contributed by atoms with Gasteiger partial charge in [-0.2, -0.15) is 9.97 Å². The molecule has 236 valence electrons. The van der Waals surface area contributed by atoms with Crippen LogP contribution in [0.4, 0.5) is 0 Å². The molecule has 0 bridgehead atoms.